The Morgan fingerprint density at radius 2 is 2.43 bits per heavy atom. The summed E-state index contributed by atoms with van der Waals surface area (Å²) in [6.07, 6.45) is 1.69. The van der Waals surface area contributed by atoms with Crippen molar-refractivity contribution in [1.82, 2.24) is 4.98 Å². The van der Waals surface area contributed by atoms with Gasteiger partial charge in [0, 0.05) is 11.9 Å². The maximum Gasteiger partial charge on any atom is 0.321 e. The van der Waals surface area contributed by atoms with Gasteiger partial charge in [0.05, 0.1) is 0 Å². The molecule has 0 amide bonds. The quantitative estimate of drug-likeness (QED) is 0.741. The number of carboxylic acid groups (broad SMARTS) is 1. The second-order valence-corrected chi connectivity index (χ2v) is 4.84. The molecule has 4 nitrogen and oxygen atoms in total. The lowest BCUT2D eigenvalue weighted by atomic mass is 10.4. The molecule has 0 bridgehead atoms. The Labute approximate surface area is 89.7 Å². The Morgan fingerprint density at radius 1 is 1.64 bits per heavy atom. The minimum atomic E-state index is -0.973. The molecule has 0 aromatic carbocycles. The SMILES string of the molecule is N[C@H](CSSc1ccccn1)C(=O)O. The monoisotopic (exact) mass is 230 g/mol. The molecule has 0 radical (unpaired) electrons. The van der Waals surface area contributed by atoms with Gasteiger partial charge in [0.1, 0.15) is 11.1 Å². The van der Waals surface area contributed by atoms with Crippen LogP contribution in [0, 0.1) is 0 Å². The van der Waals surface area contributed by atoms with Crippen LogP contribution in [0.2, 0.25) is 0 Å². The zero-order valence-electron chi connectivity index (χ0n) is 7.29. The predicted molar refractivity (Wildman–Crippen MR) is 58.2 cm³/mol. The fourth-order valence-corrected chi connectivity index (χ4v) is 2.65. The summed E-state index contributed by atoms with van der Waals surface area (Å²) in [5, 5.41) is 9.37. The molecule has 0 aliphatic rings. The third-order valence-corrected chi connectivity index (χ3v) is 3.65. The van der Waals surface area contributed by atoms with Gasteiger partial charge < -0.3 is 10.8 Å². The Bertz CT molecular complexity index is 295. The molecule has 0 saturated heterocycles. The van der Waals surface area contributed by atoms with Crippen molar-refractivity contribution in [2.75, 3.05) is 5.75 Å². The second-order valence-electron chi connectivity index (χ2n) is 2.48. The number of rotatable bonds is 5. The van der Waals surface area contributed by atoms with Gasteiger partial charge in [0.15, 0.2) is 0 Å². The van der Waals surface area contributed by atoms with Crippen LogP contribution in [0.4, 0.5) is 0 Å². The average Bonchev–Trinajstić information content (AvgIpc) is 2.19. The first-order valence-electron chi connectivity index (χ1n) is 3.89. The minimum Gasteiger partial charge on any atom is -0.480 e. The summed E-state index contributed by atoms with van der Waals surface area (Å²) in [6.45, 7) is 0. The van der Waals surface area contributed by atoms with Crippen LogP contribution in [0.15, 0.2) is 29.4 Å². The predicted octanol–water partition coefficient (Wildman–Crippen LogP) is 1.23. The zero-order chi connectivity index (χ0) is 10.4. The maximum absolute atomic E-state index is 10.4. The van der Waals surface area contributed by atoms with Gasteiger partial charge in [0.25, 0.3) is 0 Å². The van der Waals surface area contributed by atoms with E-state index in [0.29, 0.717) is 5.75 Å². The summed E-state index contributed by atoms with van der Waals surface area (Å²) in [5.41, 5.74) is 5.33. The van der Waals surface area contributed by atoms with Crippen LogP contribution in [0.3, 0.4) is 0 Å². The highest BCUT2D eigenvalue weighted by Gasteiger charge is 2.11. The Balaban J connectivity index is 2.26. The fourth-order valence-electron chi connectivity index (χ4n) is 0.635. The fraction of sp³-hybridized carbons (Fsp3) is 0.250. The number of pyridine rings is 1. The first kappa shape index (κ1) is 11.4. The van der Waals surface area contributed by atoms with Gasteiger partial charge in [-0.3, -0.25) is 4.79 Å². The third-order valence-electron chi connectivity index (χ3n) is 1.35. The molecule has 0 aliphatic heterocycles. The molecule has 1 rings (SSSR count). The Morgan fingerprint density at radius 3 is 3.00 bits per heavy atom. The van der Waals surface area contributed by atoms with Crippen molar-refractivity contribution >= 4 is 27.6 Å². The van der Waals surface area contributed by atoms with Crippen LogP contribution < -0.4 is 5.73 Å². The summed E-state index contributed by atoms with van der Waals surface area (Å²) in [4.78, 5) is 14.5. The summed E-state index contributed by atoms with van der Waals surface area (Å²) in [5.74, 6) is -0.601. The molecule has 1 heterocycles. The minimum absolute atomic E-state index is 0.372. The van der Waals surface area contributed by atoms with Gasteiger partial charge in [-0.05, 0) is 22.9 Å². The van der Waals surface area contributed by atoms with Crippen molar-refractivity contribution < 1.29 is 9.90 Å². The first-order chi connectivity index (χ1) is 6.70. The van der Waals surface area contributed by atoms with Gasteiger partial charge in [0.2, 0.25) is 0 Å². The first-order valence-corrected chi connectivity index (χ1v) is 6.21. The number of hydrogen-bond donors (Lipinski definition) is 2. The molecule has 1 aromatic rings. The molecule has 0 spiro atoms. The van der Waals surface area contributed by atoms with E-state index in [9.17, 15) is 4.79 Å². The number of carbonyl (C=O) groups is 1. The van der Waals surface area contributed by atoms with Gasteiger partial charge in [-0.2, -0.15) is 0 Å². The van der Waals surface area contributed by atoms with Crippen LogP contribution in [0.25, 0.3) is 0 Å². The Hall–Kier alpha value is -0.720. The molecular weight excluding hydrogens is 220 g/mol. The van der Waals surface area contributed by atoms with Crippen molar-refractivity contribution in [2.24, 2.45) is 5.73 Å². The number of carboxylic acids is 1. The molecule has 0 saturated carbocycles. The molecule has 3 N–H and O–H groups in total. The van der Waals surface area contributed by atoms with E-state index in [1.54, 1.807) is 6.20 Å². The van der Waals surface area contributed by atoms with Crippen LogP contribution in [0.1, 0.15) is 0 Å². The molecule has 0 fully saturated rings. The largest absolute Gasteiger partial charge is 0.480 e. The summed E-state index contributed by atoms with van der Waals surface area (Å²) >= 11 is 0. The molecule has 0 aliphatic carbocycles. The lowest BCUT2D eigenvalue weighted by molar-refractivity contribution is -0.137. The van der Waals surface area contributed by atoms with Crippen LogP contribution in [0.5, 0.6) is 0 Å². The highest BCUT2D eigenvalue weighted by Crippen LogP contribution is 2.28. The van der Waals surface area contributed by atoms with Crippen molar-refractivity contribution in [3.05, 3.63) is 24.4 Å². The van der Waals surface area contributed by atoms with E-state index >= 15 is 0 Å². The van der Waals surface area contributed by atoms with Crippen LogP contribution >= 0.6 is 21.6 Å². The maximum atomic E-state index is 10.4. The van der Waals surface area contributed by atoms with E-state index in [0.717, 1.165) is 5.03 Å². The summed E-state index contributed by atoms with van der Waals surface area (Å²) in [7, 11) is 2.82. The number of aliphatic carboxylic acids is 1. The molecular formula is C8H10N2O2S2. The smallest absolute Gasteiger partial charge is 0.321 e. The van der Waals surface area contributed by atoms with Crippen molar-refractivity contribution in [2.45, 2.75) is 11.1 Å². The van der Waals surface area contributed by atoms with Gasteiger partial charge in [-0.25, -0.2) is 4.98 Å². The zero-order valence-corrected chi connectivity index (χ0v) is 8.92. The Kier molecular flexibility index (Phi) is 4.78. The third kappa shape index (κ3) is 3.99. The number of hydrogen-bond acceptors (Lipinski definition) is 5. The molecule has 0 unspecified atom stereocenters. The van der Waals surface area contributed by atoms with E-state index in [1.807, 2.05) is 18.2 Å². The van der Waals surface area contributed by atoms with E-state index in [2.05, 4.69) is 4.98 Å². The number of aromatic nitrogens is 1. The molecule has 14 heavy (non-hydrogen) atoms. The lowest BCUT2D eigenvalue weighted by Crippen LogP contribution is -2.32. The van der Waals surface area contributed by atoms with E-state index in [-0.39, 0.29) is 0 Å². The summed E-state index contributed by atoms with van der Waals surface area (Å²) < 4.78 is 0. The standard InChI is InChI=1S/C8H10N2O2S2/c9-6(8(11)12)5-13-14-7-3-1-2-4-10-7/h1-4,6H,5,9H2,(H,11,12)/t6-/m1/s1. The van der Waals surface area contributed by atoms with E-state index in [4.69, 9.17) is 10.8 Å². The van der Waals surface area contributed by atoms with Crippen molar-refractivity contribution in [3.8, 4) is 0 Å². The van der Waals surface area contributed by atoms with E-state index in [1.165, 1.54) is 21.6 Å². The molecule has 76 valence electrons. The molecule has 1 aromatic heterocycles. The molecule has 1 atom stereocenters. The van der Waals surface area contributed by atoms with Gasteiger partial charge in [-0.15, -0.1) is 0 Å². The van der Waals surface area contributed by atoms with Gasteiger partial charge in [-0.1, -0.05) is 16.9 Å². The number of nitrogens with zero attached hydrogens (tertiary/aromatic N) is 1. The van der Waals surface area contributed by atoms with Gasteiger partial charge >= 0.3 is 5.97 Å². The summed E-state index contributed by atoms with van der Waals surface area (Å²) in [6, 6.07) is 4.77. The van der Waals surface area contributed by atoms with Crippen molar-refractivity contribution in [1.29, 1.82) is 0 Å². The van der Waals surface area contributed by atoms with Crippen molar-refractivity contribution in [3.63, 3.8) is 0 Å². The normalized spacial score (nSPS) is 12.4. The van der Waals surface area contributed by atoms with Crippen LogP contribution in [-0.2, 0) is 4.79 Å². The second kappa shape index (κ2) is 5.90. The highest BCUT2D eigenvalue weighted by atomic mass is 33.1. The topological polar surface area (TPSA) is 76.2 Å². The van der Waals surface area contributed by atoms with E-state index < -0.39 is 12.0 Å². The van der Waals surface area contributed by atoms with Crippen LogP contribution in [-0.4, -0.2) is 27.9 Å². The number of nitrogens with two attached hydrogens (primary N) is 1. The highest BCUT2D eigenvalue weighted by molar-refractivity contribution is 8.76. The lowest BCUT2D eigenvalue weighted by Gasteiger charge is -2.04. The average molecular weight is 230 g/mol. The molecule has 6 heteroatoms.